The van der Waals surface area contributed by atoms with E-state index in [1.54, 1.807) is 12.1 Å². The van der Waals surface area contributed by atoms with Crippen LogP contribution >= 0.6 is 0 Å². The summed E-state index contributed by atoms with van der Waals surface area (Å²) in [6.07, 6.45) is 5.45. The fraction of sp³-hybridized carbons (Fsp3) is 0.348. The number of ether oxygens (including phenoxy) is 1. The van der Waals surface area contributed by atoms with Gasteiger partial charge in [0.15, 0.2) is 0 Å². The zero-order valence-corrected chi connectivity index (χ0v) is 19.1. The predicted octanol–water partition coefficient (Wildman–Crippen LogP) is 4.64. The summed E-state index contributed by atoms with van der Waals surface area (Å²) < 4.78 is 38.6. The van der Waals surface area contributed by atoms with Crippen LogP contribution in [0.4, 0.5) is 16.2 Å². The van der Waals surface area contributed by atoms with Crippen LogP contribution in [0, 0.1) is 0 Å². The average Bonchev–Trinajstić information content (AvgIpc) is 3.02. The third-order valence-corrected chi connectivity index (χ3v) is 6.15. The monoisotopic (exact) mass is 474 g/mol. The third-order valence-electron chi connectivity index (χ3n) is 5.25. The molecule has 0 aliphatic carbocycles. The topological polar surface area (TPSA) is 130 Å². The highest BCUT2D eigenvalue weighted by Gasteiger charge is 2.39. The van der Waals surface area contributed by atoms with Gasteiger partial charge in [-0.05, 0) is 36.8 Å². The second-order valence-corrected chi connectivity index (χ2v) is 9.07. The first-order valence-corrected chi connectivity index (χ1v) is 12.2. The van der Waals surface area contributed by atoms with Crippen LogP contribution in [-0.2, 0) is 14.9 Å². The number of hydrogen-bond donors (Lipinski definition) is 2. The summed E-state index contributed by atoms with van der Waals surface area (Å²) in [6, 6.07) is 9.43. The maximum atomic E-state index is 12.8. The van der Waals surface area contributed by atoms with E-state index in [2.05, 4.69) is 12.2 Å². The summed E-state index contributed by atoms with van der Waals surface area (Å²) >= 11 is 0. The Morgan fingerprint density at radius 1 is 0.970 bits per heavy atom. The van der Waals surface area contributed by atoms with E-state index < -0.39 is 32.9 Å². The normalized spacial score (nSPS) is 13.2. The summed E-state index contributed by atoms with van der Waals surface area (Å²) in [5, 5.41) is 2.46. The molecule has 0 spiro atoms. The summed E-state index contributed by atoms with van der Waals surface area (Å²) in [5.74, 6) is -1.47. The number of anilines is 2. The summed E-state index contributed by atoms with van der Waals surface area (Å²) in [5.41, 5.74) is -0.0414. The van der Waals surface area contributed by atoms with Crippen molar-refractivity contribution in [1.29, 1.82) is 0 Å². The van der Waals surface area contributed by atoms with Crippen molar-refractivity contribution in [3.05, 3.63) is 53.6 Å². The highest BCUT2D eigenvalue weighted by atomic mass is 32.2. The predicted molar refractivity (Wildman–Crippen MR) is 122 cm³/mol. The lowest BCUT2D eigenvalue weighted by molar-refractivity contribution is 0.0925. The SMILES string of the molecule is CCCCCCCCOC(=O)Nc1ccc(S(=O)(=O)O)c(N2C(=O)c3ccccc3C2=O)c1. The van der Waals surface area contributed by atoms with E-state index in [0.29, 0.717) is 4.90 Å². The summed E-state index contributed by atoms with van der Waals surface area (Å²) in [6.45, 7) is 2.36. The van der Waals surface area contributed by atoms with Crippen LogP contribution < -0.4 is 10.2 Å². The van der Waals surface area contributed by atoms with E-state index in [1.807, 2.05) is 0 Å². The van der Waals surface area contributed by atoms with Gasteiger partial charge in [-0.25, -0.2) is 9.69 Å². The molecule has 2 N–H and O–H groups in total. The third kappa shape index (κ3) is 5.77. The average molecular weight is 475 g/mol. The molecule has 3 rings (SSSR count). The highest BCUT2D eigenvalue weighted by Crippen LogP contribution is 2.34. The number of carbonyl (C=O) groups is 3. The van der Waals surface area contributed by atoms with Crippen LogP contribution in [0.5, 0.6) is 0 Å². The number of nitrogens with zero attached hydrogens (tertiary/aromatic N) is 1. The summed E-state index contributed by atoms with van der Waals surface area (Å²) in [4.78, 5) is 37.8. The molecule has 0 atom stereocenters. The second kappa shape index (κ2) is 10.6. The molecule has 0 fully saturated rings. The van der Waals surface area contributed by atoms with E-state index >= 15 is 0 Å². The Morgan fingerprint density at radius 2 is 1.58 bits per heavy atom. The van der Waals surface area contributed by atoms with Crippen LogP contribution in [0.2, 0.25) is 0 Å². The first-order valence-electron chi connectivity index (χ1n) is 10.8. The lowest BCUT2D eigenvalue weighted by atomic mass is 10.1. The van der Waals surface area contributed by atoms with Crippen molar-refractivity contribution in [3.8, 4) is 0 Å². The van der Waals surface area contributed by atoms with Crippen LogP contribution in [0.15, 0.2) is 47.4 Å². The molecule has 10 heteroatoms. The van der Waals surface area contributed by atoms with Gasteiger partial charge < -0.3 is 4.74 Å². The molecule has 2 aromatic carbocycles. The van der Waals surface area contributed by atoms with E-state index in [1.165, 1.54) is 24.6 Å². The first-order chi connectivity index (χ1) is 15.7. The molecule has 0 radical (unpaired) electrons. The molecule has 0 saturated heterocycles. The fourth-order valence-electron chi connectivity index (χ4n) is 3.60. The highest BCUT2D eigenvalue weighted by molar-refractivity contribution is 7.86. The Kier molecular flexibility index (Phi) is 7.83. The standard InChI is InChI=1S/C23H26N2O7S/c1-2-3-4-5-6-9-14-32-23(28)24-16-12-13-20(33(29,30)31)19(15-16)25-21(26)17-10-7-8-11-18(17)22(25)27/h7-8,10-13,15H,2-6,9,14H2,1H3,(H,24,28)(H,29,30,31). The lowest BCUT2D eigenvalue weighted by Crippen LogP contribution is -2.31. The zero-order valence-electron chi connectivity index (χ0n) is 18.2. The molecule has 0 unspecified atom stereocenters. The number of carbonyl (C=O) groups excluding carboxylic acids is 3. The van der Waals surface area contributed by atoms with E-state index in [0.717, 1.165) is 44.2 Å². The van der Waals surface area contributed by atoms with Gasteiger partial charge in [-0.3, -0.25) is 19.5 Å². The van der Waals surface area contributed by atoms with Crippen molar-refractivity contribution in [3.63, 3.8) is 0 Å². The first kappa shape index (κ1) is 24.4. The molecule has 9 nitrogen and oxygen atoms in total. The van der Waals surface area contributed by atoms with Crippen LogP contribution in [-0.4, -0.2) is 37.5 Å². The van der Waals surface area contributed by atoms with Gasteiger partial charge in [0.25, 0.3) is 21.9 Å². The molecule has 1 aliphatic heterocycles. The number of unbranched alkanes of at least 4 members (excludes halogenated alkanes) is 5. The minimum absolute atomic E-state index is 0.0990. The molecule has 2 aromatic rings. The maximum absolute atomic E-state index is 12.8. The molecule has 1 aliphatic rings. The molecular formula is C23H26N2O7S. The Hall–Kier alpha value is -3.24. The van der Waals surface area contributed by atoms with Crippen LogP contribution in [0.3, 0.4) is 0 Å². The van der Waals surface area contributed by atoms with Crippen molar-refractivity contribution in [1.82, 2.24) is 0 Å². The van der Waals surface area contributed by atoms with Gasteiger partial charge in [0, 0.05) is 5.69 Å². The Balaban J connectivity index is 1.75. The Morgan fingerprint density at radius 3 is 2.18 bits per heavy atom. The van der Waals surface area contributed by atoms with Crippen LogP contribution in [0.1, 0.15) is 66.2 Å². The van der Waals surface area contributed by atoms with E-state index in [-0.39, 0.29) is 29.1 Å². The Labute approximate surface area is 192 Å². The number of benzene rings is 2. The van der Waals surface area contributed by atoms with Gasteiger partial charge >= 0.3 is 6.09 Å². The largest absolute Gasteiger partial charge is 0.449 e. The van der Waals surface area contributed by atoms with Crippen molar-refractivity contribution in [2.45, 2.75) is 50.3 Å². The van der Waals surface area contributed by atoms with Gasteiger partial charge in [-0.15, -0.1) is 0 Å². The molecule has 0 saturated carbocycles. The number of imide groups is 1. The number of rotatable bonds is 10. The molecule has 176 valence electrons. The smallest absolute Gasteiger partial charge is 0.411 e. The van der Waals surface area contributed by atoms with Crippen LogP contribution in [0.25, 0.3) is 0 Å². The molecule has 3 amide bonds. The van der Waals surface area contributed by atoms with Gasteiger partial charge in [-0.1, -0.05) is 51.2 Å². The molecular weight excluding hydrogens is 448 g/mol. The quantitative estimate of drug-likeness (QED) is 0.291. The molecule has 1 heterocycles. The van der Waals surface area contributed by atoms with Gasteiger partial charge in [0.05, 0.1) is 23.4 Å². The molecule has 33 heavy (non-hydrogen) atoms. The second-order valence-electron chi connectivity index (χ2n) is 7.68. The molecule has 0 aromatic heterocycles. The maximum Gasteiger partial charge on any atom is 0.411 e. The number of fused-ring (bicyclic) bond motifs is 1. The van der Waals surface area contributed by atoms with Gasteiger partial charge in [-0.2, -0.15) is 8.42 Å². The van der Waals surface area contributed by atoms with Crippen molar-refractivity contribution >= 4 is 39.4 Å². The van der Waals surface area contributed by atoms with Crippen molar-refractivity contribution in [2.75, 3.05) is 16.8 Å². The minimum Gasteiger partial charge on any atom is -0.449 e. The van der Waals surface area contributed by atoms with E-state index in [9.17, 15) is 27.4 Å². The fourth-order valence-corrected chi connectivity index (χ4v) is 4.25. The number of hydrogen-bond acceptors (Lipinski definition) is 6. The number of nitrogens with one attached hydrogen (secondary N) is 1. The zero-order chi connectivity index (χ0) is 24.0. The summed E-state index contributed by atoms with van der Waals surface area (Å²) in [7, 11) is -4.77. The Bertz CT molecular complexity index is 1130. The van der Waals surface area contributed by atoms with Gasteiger partial charge in [0.2, 0.25) is 0 Å². The van der Waals surface area contributed by atoms with Gasteiger partial charge in [0.1, 0.15) is 4.90 Å². The molecule has 0 bridgehead atoms. The van der Waals surface area contributed by atoms with E-state index in [4.69, 9.17) is 4.74 Å². The lowest BCUT2D eigenvalue weighted by Gasteiger charge is -2.18. The van der Waals surface area contributed by atoms with Crippen molar-refractivity contribution in [2.24, 2.45) is 0 Å². The van der Waals surface area contributed by atoms with Crippen molar-refractivity contribution < 1.29 is 32.1 Å². The number of amides is 3. The minimum atomic E-state index is -4.77.